The van der Waals surface area contributed by atoms with Crippen molar-refractivity contribution < 1.29 is 4.74 Å². The quantitative estimate of drug-likeness (QED) is 0.666. The Morgan fingerprint density at radius 1 is 0.708 bits per heavy atom. The monoisotopic (exact) mass is 309 g/mol. The van der Waals surface area contributed by atoms with Crippen LogP contribution in [0.15, 0.2) is 78.9 Å². The molecule has 0 N–H and O–H groups in total. The maximum absolute atomic E-state index is 9.13. The van der Waals surface area contributed by atoms with Crippen LogP contribution >= 0.6 is 0 Å². The van der Waals surface area contributed by atoms with Crippen molar-refractivity contribution in [3.8, 4) is 23.7 Å². The minimum absolute atomic E-state index is 0.373. The number of hydrogen-bond acceptors (Lipinski definition) is 2. The van der Waals surface area contributed by atoms with E-state index in [0.717, 1.165) is 16.7 Å². The lowest BCUT2D eigenvalue weighted by Crippen LogP contribution is -1.99. The average Bonchev–Trinajstić information content (AvgIpc) is 2.66. The van der Waals surface area contributed by atoms with E-state index in [2.05, 4.69) is 17.9 Å². The molecule has 0 unspecified atom stereocenters. The fourth-order valence-electron chi connectivity index (χ4n) is 2.27. The number of benzene rings is 3. The van der Waals surface area contributed by atoms with Gasteiger partial charge in [0.2, 0.25) is 0 Å². The summed E-state index contributed by atoms with van der Waals surface area (Å²) in [5.41, 5.74) is 3.43. The molecule has 3 rings (SSSR count). The maximum Gasteiger partial charge on any atom is 0.137 e. The summed E-state index contributed by atoms with van der Waals surface area (Å²) in [6, 6.07) is 27.1. The van der Waals surface area contributed by atoms with E-state index in [4.69, 9.17) is 10.00 Å². The molecule has 0 heterocycles. The Hall–Kier alpha value is -3.49. The summed E-state index contributed by atoms with van der Waals surface area (Å²) in [5.74, 6) is 6.95. The molecule has 0 spiro atoms. The van der Waals surface area contributed by atoms with Crippen molar-refractivity contribution in [1.82, 2.24) is 0 Å². The Labute approximate surface area is 142 Å². The number of nitrogens with zero attached hydrogens (tertiary/aromatic N) is 1. The van der Waals surface area contributed by atoms with Crippen molar-refractivity contribution in [2.45, 2.75) is 6.61 Å². The molecule has 2 nitrogen and oxygen atoms in total. The van der Waals surface area contributed by atoms with Crippen molar-refractivity contribution >= 4 is 0 Å². The number of hydrogen-bond donors (Lipinski definition) is 0. The van der Waals surface area contributed by atoms with Crippen LogP contribution in [-0.4, -0.2) is 0 Å². The van der Waals surface area contributed by atoms with E-state index in [9.17, 15) is 0 Å². The van der Waals surface area contributed by atoms with Crippen LogP contribution in [0.25, 0.3) is 0 Å². The predicted molar refractivity (Wildman–Crippen MR) is 94.4 cm³/mol. The van der Waals surface area contributed by atoms with Gasteiger partial charge in [0, 0.05) is 16.7 Å². The third-order valence-electron chi connectivity index (χ3n) is 3.52. The van der Waals surface area contributed by atoms with Gasteiger partial charge in [-0.05, 0) is 30.3 Å². The third kappa shape index (κ3) is 3.83. The molecule has 24 heavy (non-hydrogen) atoms. The highest BCUT2D eigenvalue weighted by Crippen LogP contribution is 2.19. The van der Waals surface area contributed by atoms with Crippen LogP contribution < -0.4 is 4.74 Å². The zero-order valence-corrected chi connectivity index (χ0v) is 13.1. The summed E-state index contributed by atoms with van der Waals surface area (Å²) in [6.07, 6.45) is 0. The summed E-state index contributed by atoms with van der Waals surface area (Å²) in [7, 11) is 0. The molecule has 0 fully saturated rings. The van der Waals surface area contributed by atoms with Crippen molar-refractivity contribution in [3.63, 3.8) is 0 Å². The molecule has 0 aliphatic carbocycles. The van der Waals surface area contributed by atoms with Gasteiger partial charge >= 0.3 is 0 Å². The molecule has 3 aromatic carbocycles. The second-order valence-electron chi connectivity index (χ2n) is 5.17. The molecule has 0 radical (unpaired) electrons. The van der Waals surface area contributed by atoms with Gasteiger partial charge < -0.3 is 4.74 Å². The number of nitriles is 1. The van der Waals surface area contributed by atoms with Crippen LogP contribution in [0, 0.1) is 23.2 Å². The molecule has 0 aliphatic rings. The Bertz CT molecular complexity index is 927. The Morgan fingerprint density at radius 3 is 2.17 bits per heavy atom. The summed E-state index contributed by atoms with van der Waals surface area (Å²) >= 11 is 0. The first-order valence-electron chi connectivity index (χ1n) is 7.64. The summed E-state index contributed by atoms with van der Waals surface area (Å²) in [4.78, 5) is 0. The second kappa shape index (κ2) is 7.68. The Morgan fingerprint density at radius 2 is 1.38 bits per heavy atom. The van der Waals surface area contributed by atoms with Crippen molar-refractivity contribution in [3.05, 3.63) is 101 Å². The summed E-state index contributed by atoms with van der Waals surface area (Å²) in [6.45, 7) is 0.373. The number of para-hydroxylation sites is 1. The first kappa shape index (κ1) is 15.4. The molecule has 3 aromatic rings. The van der Waals surface area contributed by atoms with Gasteiger partial charge in [-0.15, -0.1) is 0 Å². The molecular weight excluding hydrogens is 294 g/mol. The molecule has 0 saturated carbocycles. The van der Waals surface area contributed by atoms with Crippen LogP contribution in [0.5, 0.6) is 5.75 Å². The normalized spacial score (nSPS) is 9.46. The van der Waals surface area contributed by atoms with Gasteiger partial charge in [0.15, 0.2) is 0 Å². The zero-order chi connectivity index (χ0) is 16.6. The van der Waals surface area contributed by atoms with Gasteiger partial charge in [0.05, 0.1) is 5.56 Å². The van der Waals surface area contributed by atoms with Crippen molar-refractivity contribution in [2.24, 2.45) is 0 Å². The van der Waals surface area contributed by atoms with Gasteiger partial charge in [-0.2, -0.15) is 5.26 Å². The first-order valence-corrected chi connectivity index (χ1v) is 7.64. The fourth-order valence-corrected chi connectivity index (χ4v) is 2.27. The molecule has 0 aromatic heterocycles. The van der Waals surface area contributed by atoms with E-state index in [1.54, 1.807) is 12.1 Å². The third-order valence-corrected chi connectivity index (χ3v) is 3.52. The van der Waals surface area contributed by atoms with Crippen LogP contribution in [0.2, 0.25) is 0 Å². The molecule has 0 aliphatic heterocycles. The van der Waals surface area contributed by atoms with E-state index in [1.165, 1.54) is 0 Å². The standard InChI is InChI=1S/C22H15NO/c23-16-20-11-6-7-13-22(20)24-17-21-12-5-4-10-19(21)15-14-18-8-2-1-3-9-18/h1-13H,17H2. The predicted octanol–water partition coefficient (Wildman–Crippen LogP) is 4.54. The van der Waals surface area contributed by atoms with Gasteiger partial charge in [-0.3, -0.25) is 0 Å². The summed E-state index contributed by atoms with van der Waals surface area (Å²) < 4.78 is 5.82. The SMILES string of the molecule is N#Cc1ccccc1OCc1ccccc1C#Cc1ccccc1. The first-order chi connectivity index (χ1) is 11.9. The Kier molecular flexibility index (Phi) is 4.93. The molecule has 0 amide bonds. The topological polar surface area (TPSA) is 33.0 Å². The van der Waals surface area contributed by atoms with Gasteiger partial charge in [-0.25, -0.2) is 0 Å². The lowest BCUT2D eigenvalue weighted by Gasteiger charge is -2.09. The lowest BCUT2D eigenvalue weighted by atomic mass is 10.1. The molecule has 0 bridgehead atoms. The Balaban J connectivity index is 1.80. The second-order valence-corrected chi connectivity index (χ2v) is 5.17. The fraction of sp³-hybridized carbons (Fsp3) is 0.0455. The van der Waals surface area contributed by atoms with Crippen LogP contribution in [0.1, 0.15) is 22.3 Å². The molecule has 0 atom stereocenters. The maximum atomic E-state index is 9.13. The van der Waals surface area contributed by atoms with Crippen molar-refractivity contribution in [2.75, 3.05) is 0 Å². The van der Waals surface area contributed by atoms with Crippen molar-refractivity contribution in [1.29, 1.82) is 5.26 Å². The lowest BCUT2D eigenvalue weighted by molar-refractivity contribution is 0.305. The highest BCUT2D eigenvalue weighted by atomic mass is 16.5. The highest BCUT2D eigenvalue weighted by Gasteiger charge is 2.04. The highest BCUT2D eigenvalue weighted by molar-refractivity contribution is 5.47. The van der Waals surface area contributed by atoms with Crippen LogP contribution in [0.4, 0.5) is 0 Å². The van der Waals surface area contributed by atoms with E-state index >= 15 is 0 Å². The smallest absolute Gasteiger partial charge is 0.137 e. The van der Waals surface area contributed by atoms with Gasteiger partial charge in [0.1, 0.15) is 18.4 Å². The molecule has 2 heteroatoms. The van der Waals surface area contributed by atoms with Gasteiger partial charge in [0.25, 0.3) is 0 Å². The number of ether oxygens (including phenoxy) is 1. The molecular formula is C22H15NO. The zero-order valence-electron chi connectivity index (χ0n) is 13.1. The largest absolute Gasteiger partial charge is 0.487 e. The molecule has 114 valence electrons. The van der Waals surface area contributed by atoms with Crippen LogP contribution in [0.3, 0.4) is 0 Å². The summed E-state index contributed by atoms with van der Waals surface area (Å²) in [5, 5.41) is 9.13. The van der Waals surface area contributed by atoms with E-state index < -0.39 is 0 Å². The van der Waals surface area contributed by atoms with E-state index in [0.29, 0.717) is 17.9 Å². The minimum atomic E-state index is 0.373. The van der Waals surface area contributed by atoms with E-state index in [1.807, 2.05) is 66.7 Å². The number of rotatable bonds is 3. The van der Waals surface area contributed by atoms with Gasteiger partial charge in [-0.1, -0.05) is 60.4 Å². The van der Waals surface area contributed by atoms with Crippen LogP contribution in [-0.2, 0) is 6.61 Å². The van der Waals surface area contributed by atoms with E-state index in [-0.39, 0.29) is 0 Å². The minimum Gasteiger partial charge on any atom is -0.487 e. The average molecular weight is 309 g/mol. The molecule has 0 saturated heterocycles.